The minimum atomic E-state index is -5.85. The zero-order chi connectivity index (χ0) is 11.6. The van der Waals surface area contributed by atoms with E-state index in [0.29, 0.717) is 0 Å². The third kappa shape index (κ3) is 3.34. The average molecular weight is 225 g/mol. The molecule has 14 heavy (non-hydrogen) atoms. The quantitative estimate of drug-likeness (QED) is 0.642. The van der Waals surface area contributed by atoms with E-state index in [9.17, 15) is 30.7 Å². The summed E-state index contributed by atoms with van der Waals surface area (Å²) in [6.45, 7) is 2.86. The molecule has 0 nitrogen and oxygen atoms in total. The van der Waals surface area contributed by atoms with Crippen LogP contribution < -0.4 is 0 Å². The lowest BCUT2D eigenvalue weighted by atomic mass is 10.1. The van der Waals surface area contributed by atoms with Crippen molar-refractivity contribution in [1.82, 2.24) is 0 Å². The molecular weight excluding hydrogens is 217 g/mol. The molecule has 2 atom stereocenters. The van der Waals surface area contributed by atoms with Crippen LogP contribution in [0.15, 0.2) is 0 Å². The van der Waals surface area contributed by atoms with E-state index in [4.69, 9.17) is 0 Å². The Morgan fingerprint density at radius 3 is 1.64 bits per heavy atom. The fourth-order valence-electron chi connectivity index (χ4n) is 0.669. The van der Waals surface area contributed by atoms with Gasteiger partial charge in [0.15, 0.2) is 0 Å². The largest absolute Gasteiger partial charge is 0.453 e. The van der Waals surface area contributed by atoms with E-state index in [0.717, 1.165) is 0 Å². The van der Waals surface area contributed by atoms with E-state index in [2.05, 4.69) is 6.92 Å². The summed E-state index contributed by atoms with van der Waals surface area (Å²) in [4.78, 5) is 0. The molecule has 0 saturated carbocycles. The maximum Gasteiger partial charge on any atom is 0.453 e. The summed E-state index contributed by atoms with van der Waals surface area (Å²) in [5.74, 6) is -5.20. The first-order valence-corrected chi connectivity index (χ1v) is 3.63. The first-order chi connectivity index (χ1) is 6.12. The molecule has 0 N–H and O–H groups in total. The highest BCUT2D eigenvalue weighted by molar-refractivity contribution is 4.82. The maximum absolute atomic E-state index is 12.4. The van der Waals surface area contributed by atoms with Crippen molar-refractivity contribution in [2.75, 3.05) is 0 Å². The molecule has 0 amide bonds. The lowest BCUT2D eigenvalue weighted by Gasteiger charge is -2.22. The highest BCUT2D eigenvalue weighted by Crippen LogP contribution is 2.40. The second kappa shape index (κ2) is 4.35. The summed E-state index contributed by atoms with van der Waals surface area (Å²) in [5.41, 5.74) is 0. The summed E-state index contributed by atoms with van der Waals surface area (Å²) >= 11 is 0. The first-order valence-electron chi connectivity index (χ1n) is 3.63. The van der Waals surface area contributed by atoms with Gasteiger partial charge >= 0.3 is 12.1 Å². The topological polar surface area (TPSA) is 0 Å². The van der Waals surface area contributed by atoms with Gasteiger partial charge in [-0.25, -0.2) is 8.78 Å². The Balaban J connectivity index is 4.36. The predicted molar refractivity (Wildman–Crippen MR) is 35.4 cm³/mol. The second-order valence-corrected chi connectivity index (χ2v) is 2.73. The van der Waals surface area contributed by atoms with Crippen LogP contribution >= 0.6 is 0 Å². The van der Waals surface area contributed by atoms with Gasteiger partial charge in [-0.2, -0.15) is 22.0 Å². The fraction of sp³-hybridized carbons (Fsp3) is 0.857. The smallest absolute Gasteiger partial charge is 0.244 e. The van der Waals surface area contributed by atoms with Crippen LogP contribution in [0.5, 0.6) is 0 Å². The predicted octanol–water partition coefficient (Wildman–Crippen LogP) is 3.47. The fourth-order valence-corrected chi connectivity index (χ4v) is 0.669. The SMILES string of the molecule is [CH2]CC(F)[C@@H](F)CC(F)(F)C(F)(F)F. The normalized spacial score (nSPS) is 18.0. The van der Waals surface area contributed by atoms with Gasteiger partial charge in [0.25, 0.3) is 0 Å². The van der Waals surface area contributed by atoms with Crippen molar-refractivity contribution in [3.05, 3.63) is 6.92 Å². The number of hydrogen-bond acceptors (Lipinski definition) is 0. The lowest BCUT2D eigenvalue weighted by molar-refractivity contribution is -0.289. The van der Waals surface area contributed by atoms with Crippen LogP contribution in [0.4, 0.5) is 30.7 Å². The van der Waals surface area contributed by atoms with Gasteiger partial charge in [0, 0.05) is 0 Å². The molecule has 0 spiro atoms. The first kappa shape index (κ1) is 13.5. The molecule has 0 fully saturated rings. The Kier molecular flexibility index (Phi) is 4.20. The Bertz CT molecular complexity index is 173. The van der Waals surface area contributed by atoms with Crippen LogP contribution in [0.25, 0.3) is 0 Å². The van der Waals surface area contributed by atoms with Crippen molar-refractivity contribution < 1.29 is 30.7 Å². The molecule has 0 aromatic heterocycles. The van der Waals surface area contributed by atoms with E-state index >= 15 is 0 Å². The molecule has 0 bridgehead atoms. The Morgan fingerprint density at radius 2 is 1.36 bits per heavy atom. The molecular formula is C7H8F7. The molecule has 0 aromatic carbocycles. The zero-order valence-electron chi connectivity index (χ0n) is 6.92. The van der Waals surface area contributed by atoms with Gasteiger partial charge in [0.2, 0.25) is 0 Å². The molecule has 0 aliphatic rings. The van der Waals surface area contributed by atoms with Crippen LogP contribution in [-0.4, -0.2) is 24.4 Å². The van der Waals surface area contributed by atoms with Gasteiger partial charge in [-0.1, -0.05) is 6.92 Å². The highest BCUT2D eigenvalue weighted by atomic mass is 19.4. The Labute approximate surface area is 76.1 Å². The summed E-state index contributed by atoms with van der Waals surface area (Å²) in [6, 6.07) is 0. The van der Waals surface area contributed by atoms with E-state index in [1.165, 1.54) is 0 Å². The number of rotatable bonds is 4. The van der Waals surface area contributed by atoms with E-state index in [-0.39, 0.29) is 0 Å². The molecule has 1 unspecified atom stereocenters. The minimum absolute atomic E-state index is 0.685. The maximum atomic E-state index is 12.4. The van der Waals surface area contributed by atoms with Crippen molar-refractivity contribution >= 4 is 0 Å². The molecule has 85 valence electrons. The summed E-state index contributed by atoms with van der Waals surface area (Å²) < 4.78 is 83.5. The van der Waals surface area contributed by atoms with E-state index in [1.54, 1.807) is 0 Å². The zero-order valence-corrected chi connectivity index (χ0v) is 6.92. The number of halogens is 7. The van der Waals surface area contributed by atoms with Gasteiger partial charge in [-0.3, -0.25) is 0 Å². The molecule has 0 saturated heterocycles. The average Bonchev–Trinajstić information content (AvgIpc) is 2.00. The van der Waals surface area contributed by atoms with Crippen molar-refractivity contribution in [2.45, 2.75) is 37.3 Å². The molecule has 0 rings (SSSR count). The van der Waals surface area contributed by atoms with Gasteiger partial charge in [0.05, 0.1) is 6.42 Å². The van der Waals surface area contributed by atoms with Crippen molar-refractivity contribution in [3.63, 3.8) is 0 Å². The van der Waals surface area contributed by atoms with Crippen molar-refractivity contribution in [1.29, 1.82) is 0 Å². The van der Waals surface area contributed by atoms with E-state index in [1.807, 2.05) is 0 Å². The number of hydrogen-bond donors (Lipinski definition) is 0. The van der Waals surface area contributed by atoms with Gasteiger partial charge < -0.3 is 0 Å². The third-order valence-corrected chi connectivity index (χ3v) is 1.53. The van der Waals surface area contributed by atoms with E-state index < -0.39 is 37.3 Å². The van der Waals surface area contributed by atoms with Crippen LogP contribution in [0.1, 0.15) is 12.8 Å². The molecule has 0 heterocycles. The number of alkyl halides is 7. The highest BCUT2D eigenvalue weighted by Gasteiger charge is 2.58. The van der Waals surface area contributed by atoms with Gasteiger partial charge in [-0.15, -0.1) is 0 Å². The van der Waals surface area contributed by atoms with Crippen molar-refractivity contribution in [3.8, 4) is 0 Å². The summed E-state index contributed by atoms with van der Waals surface area (Å²) in [7, 11) is 0. The standard InChI is InChI=1S/C7H8F7/c1-2-4(8)5(9)3-6(10,11)7(12,13)14/h4-5H,1-3H2/t4?,5-/m0/s1. The minimum Gasteiger partial charge on any atom is -0.244 e. The summed E-state index contributed by atoms with van der Waals surface area (Å²) in [6.07, 6.45) is -14.0. The lowest BCUT2D eigenvalue weighted by Crippen LogP contribution is -2.40. The second-order valence-electron chi connectivity index (χ2n) is 2.73. The van der Waals surface area contributed by atoms with Crippen LogP contribution in [0, 0.1) is 6.92 Å². The summed E-state index contributed by atoms with van der Waals surface area (Å²) in [5, 5.41) is 0. The Morgan fingerprint density at radius 1 is 0.929 bits per heavy atom. The molecule has 0 aliphatic carbocycles. The van der Waals surface area contributed by atoms with Crippen LogP contribution in [-0.2, 0) is 0 Å². The van der Waals surface area contributed by atoms with Gasteiger partial charge in [0.1, 0.15) is 12.3 Å². The Hall–Kier alpha value is -0.490. The molecule has 7 heteroatoms. The molecule has 0 aliphatic heterocycles. The molecule has 0 aromatic rings. The third-order valence-electron chi connectivity index (χ3n) is 1.53. The monoisotopic (exact) mass is 225 g/mol. The van der Waals surface area contributed by atoms with Crippen LogP contribution in [0.3, 0.4) is 0 Å². The van der Waals surface area contributed by atoms with Crippen LogP contribution in [0.2, 0.25) is 0 Å². The van der Waals surface area contributed by atoms with Crippen molar-refractivity contribution in [2.24, 2.45) is 0 Å². The van der Waals surface area contributed by atoms with Gasteiger partial charge in [-0.05, 0) is 6.42 Å². The molecule has 1 radical (unpaired) electrons.